The van der Waals surface area contributed by atoms with Gasteiger partial charge in [0.25, 0.3) is 0 Å². The minimum atomic E-state index is -3.83. The summed E-state index contributed by atoms with van der Waals surface area (Å²) in [6.45, 7) is 0.957. The first kappa shape index (κ1) is 15.9. The van der Waals surface area contributed by atoms with E-state index in [9.17, 15) is 17.6 Å². The van der Waals surface area contributed by atoms with E-state index in [1.807, 2.05) is 0 Å². The molecule has 116 valence electrons. The number of benzene rings is 1. The van der Waals surface area contributed by atoms with Crippen molar-refractivity contribution >= 4 is 16.0 Å². The van der Waals surface area contributed by atoms with Crippen LogP contribution >= 0.6 is 0 Å². The highest BCUT2D eigenvalue weighted by atomic mass is 32.2. The SMILES string of the molecule is O=C(O)c1cc(S(=O)(=O)NCCCNC2CC2)ccc1F. The average molecular weight is 316 g/mol. The van der Waals surface area contributed by atoms with E-state index >= 15 is 0 Å². The molecule has 0 aliphatic heterocycles. The van der Waals surface area contributed by atoms with Gasteiger partial charge in [-0.05, 0) is 44.0 Å². The van der Waals surface area contributed by atoms with Crippen LogP contribution in [0.5, 0.6) is 0 Å². The summed E-state index contributed by atoms with van der Waals surface area (Å²) in [5.41, 5.74) is -0.659. The van der Waals surface area contributed by atoms with Gasteiger partial charge in [-0.15, -0.1) is 0 Å². The number of rotatable bonds is 8. The molecule has 0 amide bonds. The number of hydrogen-bond donors (Lipinski definition) is 3. The fourth-order valence-corrected chi connectivity index (χ4v) is 2.91. The normalized spacial score (nSPS) is 15.1. The summed E-state index contributed by atoms with van der Waals surface area (Å²) in [6.07, 6.45) is 2.96. The second-order valence-corrected chi connectivity index (χ2v) is 6.69. The van der Waals surface area contributed by atoms with E-state index in [4.69, 9.17) is 5.11 Å². The van der Waals surface area contributed by atoms with Crippen molar-refractivity contribution < 1.29 is 22.7 Å². The van der Waals surface area contributed by atoms with Crippen LogP contribution in [0, 0.1) is 5.82 Å². The van der Waals surface area contributed by atoms with E-state index < -0.39 is 27.4 Å². The predicted molar refractivity (Wildman–Crippen MR) is 74.2 cm³/mol. The minimum absolute atomic E-state index is 0.238. The van der Waals surface area contributed by atoms with Gasteiger partial charge in [-0.2, -0.15) is 0 Å². The van der Waals surface area contributed by atoms with Gasteiger partial charge in [0, 0.05) is 12.6 Å². The summed E-state index contributed by atoms with van der Waals surface area (Å²) < 4.78 is 39.6. The summed E-state index contributed by atoms with van der Waals surface area (Å²) in [4.78, 5) is 10.6. The third-order valence-electron chi connectivity index (χ3n) is 3.13. The molecule has 1 aromatic carbocycles. The van der Waals surface area contributed by atoms with Crippen molar-refractivity contribution in [2.24, 2.45) is 0 Å². The third-order valence-corrected chi connectivity index (χ3v) is 4.59. The zero-order chi connectivity index (χ0) is 15.5. The second-order valence-electron chi connectivity index (χ2n) is 4.93. The van der Waals surface area contributed by atoms with Gasteiger partial charge in [0.2, 0.25) is 10.0 Å². The Balaban J connectivity index is 1.94. The largest absolute Gasteiger partial charge is 0.478 e. The molecule has 2 rings (SSSR count). The summed E-state index contributed by atoms with van der Waals surface area (Å²) in [5, 5.41) is 12.0. The first-order chi connectivity index (χ1) is 9.90. The van der Waals surface area contributed by atoms with Crippen LogP contribution in [0.4, 0.5) is 4.39 Å². The highest BCUT2D eigenvalue weighted by Gasteiger charge is 2.20. The number of sulfonamides is 1. The van der Waals surface area contributed by atoms with Gasteiger partial charge in [0.1, 0.15) is 5.82 Å². The van der Waals surface area contributed by atoms with E-state index in [0.29, 0.717) is 12.5 Å². The molecule has 0 unspecified atom stereocenters. The molecule has 0 spiro atoms. The molecular weight excluding hydrogens is 299 g/mol. The van der Waals surface area contributed by atoms with Crippen molar-refractivity contribution in [1.29, 1.82) is 0 Å². The molecular formula is C13H17FN2O4S. The number of hydrogen-bond acceptors (Lipinski definition) is 4. The highest BCUT2D eigenvalue weighted by Crippen LogP contribution is 2.18. The van der Waals surface area contributed by atoms with Crippen molar-refractivity contribution in [3.63, 3.8) is 0 Å². The zero-order valence-corrected chi connectivity index (χ0v) is 12.1. The van der Waals surface area contributed by atoms with Gasteiger partial charge in [-0.1, -0.05) is 0 Å². The highest BCUT2D eigenvalue weighted by molar-refractivity contribution is 7.89. The molecule has 1 fully saturated rings. The monoisotopic (exact) mass is 316 g/mol. The molecule has 0 atom stereocenters. The number of carboxylic acids is 1. The van der Waals surface area contributed by atoms with E-state index in [1.54, 1.807) is 0 Å². The fourth-order valence-electron chi connectivity index (χ4n) is 1.81. The lowest BCUT2D eigenvalue weighted by Gasteiger charge is -2.08. The Morgan fingerprint density at radius 3 is 2.67 bits per heavy atom. The molecule has 0 heterocycles. The molecule has 3 N–H and O–H groups in total. The van der Waals surface area contributed by atoms with Gasteiger partial charge in [0.15, 0.2) is 0 Å². The van der Waals surface area contributed by atoms with Crippen LogP contribution in [0.1, 0.15) is 29.6 Å². The Hall–Kier alpha value is -1.51. The van der Waals surface area contributed by atoms with Crippen LogP contribution in [-0.4, -0.2) is 38.6 Å². The number of halogens is 1. The molecule has 0 bridgehead atoms. The Morgan fingerprint density at radius 2 is 2.05 bits per heavy atom. The first-order valence-electron chi connectivity index (χ1n) is 6.66. The summed E-state index contributed by atoms with van der Waals surface area (Å²) in [5.74, 6) is -2.46. The number of aromatic carboxylic acids is 1. The van der Waals surface area contributed by atoms with Crippen LogP contribution in [0.2, 0.25) is 0 Å². The fraction of sp³-hybridized carbons (Fsp3) is 0.462. The zero-order valence-electron chi connectivity index (χ0n) is 11.3. The van der Waals surface area contributed by atoms with Crippen molar-refractivity contribution in [1.82, 2.24) is 10.0 Å². The molecule has 21 heavy (non-hydrogen) atoms. The molecule has 1 aliphatic carbocycles. The van der Waals surface area contributed by atoms with Crippen molar-refractivity contribution in [3.05, 3.63) is 29.6 Å². The predicted octanol–water partition coefficient (Wildman–Crippen LogP) is 0.944. The van der Waals surface area contributed by atoms with E-state index in [-0.39, 0.29) is 11.4 Å². The van der Waals surface area contributed by atoms with Crippen molar-refractivity contribution in [2.45, 2.75) is 30.2 Å². The van der Waals surface area contributed by atoms with Gasteiger partial charge < -0.3 is 10.4 Å². The Bertz CT molecular complexity index is 629. The minimum Gasteiger partial charge on any atom is -0.478 e. The maximum atomic E-state index is 13.2. The summed E-state index contributed by atoms with van der Waals surface area (Å²) >= 11 is 0. The van der Waals surface area contributed by atoms with Gasteiger partial charge in [-0.25, -0.2) is 22.3 Å². The molecule has 0 aromatic heterocycles. The molecule has 0 saturated heterocycles. The van der Waals surface area contributed by atoms with Gasteiger partial charge in [-0.3, -0.25) is 0 Å². The maximum Gasteiger partial charge on any atom is 0.338 e. The topological polar surface area (TPSA) is 95.5 Å². The van der Waals surface area contributed by atoms with Crippen molar-refractivity contribution in [2.75, 3.05) is 13.1 Å². The lowest BCUT2D eigenvalue weighted by atomic mass is 10.2. The smallest absolute Gasteiger partial charge is 0.338 e. The summed E-state index contributed by atoms with van der Waals surface area (Å²) in [6, 6.07) is 3.28. The van der Waals surface area contributed by atoms with Gasteiger partial charge in [0.05, 0.1) is 10.5 Å². The average Bonchev–Trinajstić information content (AvgIpc) is 3.22. The van der Waals surface area contributed by atoms with E-state index in [0.717, 1.165) is 24.7 Å². The Kier molecular flexibility index (Phi) is 4.92. The standard InChI is InChI=1S/C13H17FN2O4S/c14-12-5-4-10(8-11(12)13(17)18)21(19,20)16-7-1-6-15-9-2-3-9/h4-5,8-9,15-16H,1-3,6-7H2,(H,17,18). The van der Waals surface area contributed by atoms with Crippen LogP contribution in [0.3, 0.4) is 0 Å². The second kappa shape index (κ2) is 6.50. The molecule has 8 heteroatoms. The molecule has 1 aliphatic rings. The Morgan fingerprint density at radius 1 is 1.33 bits per heavy atom. The molecule has 1 aromatic rings. The van der Waals surface area contributed by atoms with Crippen molar-refractivity contribution in [3.8, 4) is 0 Å². The van der Waals surface area contributed by atoms with Crippen LogP contribution in [-0.2, 0) is 10.0 Å². The number of carbonyl (C=O) groups is 1. The quantitative estimate of drug-likeness (QED) is 0.621. The van der Waals surface area contributed by atoms with E-state index in [2.05, 4.69) is 10.0 Å². The third kappa shape index (κ3) is 4.48. The number of nitrogens with one attached hydrogen (secondary N) is 2. The lowest BCUT2D eigenvalue weighted by Crippen LogP contribution is -2.28. The number of carboxylic acid groups (broad SMARTS) is 1. The first-order valence-corrected chi connectivity index (χ1v) is 8.14. The van der Waals surface area contributed by atoms with Crippen LogP contribution < -0.4 is 10.0 Å². The molecule has 1 saturated carbocycles. The van der Waals surface area contributed by atoms with Gasteiger partial charge >= 0.3 is 5.97 Å². The molecule has 6 nitrogen and oxygen atoms in total. The summed E-state index contributed by atoms with van der Waals surface area (Å²) in [7, 11) is -3.83. The Labute approximate surface area is 122 Å². The van der Waals surface area contributed by atoms with E-state index in [1.165, 1.54) is 12.8 Å². The lowest BCUT2D eigenvalue weighted by molar-refractivity contribution is 0.0691. The van der Waals surface area contributed by atoms with Crippen LogP contribution in [0.25, 0.3) is 0 Å². The molecule has 0 radical (unpaired) electrons. The van der Waals surface area contributed by atoms with Crippen LogP contribution in [0.15, 0.2) is 23.1 Å². The maximum absolute atomic E-state index is 13.2.